The summed E-state index contributed by atoms with van der Waals surface area (Å²) >= 11 is 0. The first-order chi connectivity index (χ1) is 9.12. The van der Waals surface area contributed by atoms with Gasteiger partial charge in [-0.3, -0.25) is 4.79 Å². The summed E-state index contributed by atoms with van der Waals surface area (Å²) in [7, 11) is 0. The molecule has 0 unspecified atom stereocenters. The molecular weight excluding hydrogens is 248 g/mol. The van der Waals surface area contributed by atoms with Crippen LogP contribution in [0.15, 0.2) is 0 Å². The van der Waals surface area contributed by atoms with E-state index in [0.717, 1.165) is 38.3 Å². The van der Waals surface area contributed by atoms with E-state index in [0.29, 0.717) is 17.3 Å². The van der Waals surface area contributed by atoms with Crippen molar-refractivity contribution in [3.8, 4) is 0 Å². The molecule has 0 saturated carbocycles. The lowest BCUT2D eigenvalue weighted by Gasteiger charge is -2.40. The van der Waals surface area contributed by atoms with Crippen LogP contribution < -0.4 is 5.73 Å². The Hall–Kier alpha value is -0.570. The molecule has 1 amide bonds. The van der Waals surface area contributed by atoms with Crippen LogP contribution in [-0.4, -0.2) is 29.9 Å². The fourth-order valence-corrected chi connectivity index (χ4v) is 3.17. The molecule has 0 spiro atoms. The van der Waals surface area contributed by atoms with Crippen molar-refractivity contribution in [1.29, 1.82) is 0 Å². The molecule has 0 aliphatic carbocycles. The summed E-state index contributed by atoms with van der Waals surface area (Å²) in [4.78, 5) is 14.3. The second-order valence-corrected chi connectivity index (χ2v) is 8.05. The standard InChI is InChI=1S/C17H34N2O/c1-12(2)11-15(18)16(20)19-9-7-14(8-10-19)13(3)17(4,5)6/h12-15H,7-11,18H2,1-6H3/t13-,15-/m1/s1. The van der Waals surface area contributed by atoms with Crippen molar-refractivity contribution in [1.82, 2.24) is 4.90 Å². The van der Waals surface area contributed by atoms with Crippen LogP contribution >= 0.6 is 0 Å². The molecule has 3 heteroatoms. The third kappa shape index (κ3) is 4.76. The maximum atomic E-state index is 12.3. The van der Waals surface area contributed by atoms with E-state index in [1.165, 1.54) is 0 Å². The molecule has 0 aromatic carbocycles. The van der Waals surface area contributed by atoms with Gasteiger partial charge in [-0.05, 0) is 42.4 Å². The zero-order valence-corrected chi connectivity index (χ0v) is 14.3. The van der Waals surface area contributed by atoms with Gasteiger partial charge in [-0.2, -0.15) is 0 Å². The molecule has 0 aromatic rings. The van der Waals surface area contributed by atoms with Crippen molar-refractivity contribution in [2.45, 2.75) is 66.8 Å². The molecule has 2 N–H and O–H groups in total. The minimum absolute atomic E-state index is 0.153. The summed E-state index contributed by atoms with van der Waals surface area (Å²) in [6.45, 7) is 15.3. The Kier molecular flexibility index (Phi) is 6.06. The Bertz CT molecular complexity index is 311. The predicted octanol–water partition coefficient (Wildman–Crippen LogP) is 3.28. The molecule has 1 fully saturated rings. The van der Waals surface area contributed by atoms with E-state index >= 15 is 0 Å². The van der Waals surface area contributed by atoms with Gasteiger partial charge >= 0.3 is 0 Å². The highest BCUT2D eigenvalue weighted by Gasteiger charge is 2.33. The van der Waals surface area contributed by atoms with E-state index in [1.54, 1.807) is 0 Å². The summed E-state index contributed by atoms with van der Waals surface area (Å²) in [6, 6.07) is -0.313. The third-order valence-corrected chi connectivity index (χ3v) is 4.97. The number of amides is 1. The molecule has 0 aromatic heterocycles. The molecule has 3 nitrogen and oxygen atoms in total. The normalized spacial score (nSPS) is 21.1. The number of nitrogens with two attached hydrogens (primary N) is 1. The topological polar surface area (TPSA) is 46.3 Å². The molecule has 1 heterocycles. The van der Waals surface area contributed by atoms with Gasteiger partial charge in [0.15, 0.2) is 0 Å². The quantitative estimate of drug-likeness (QED) is 0.860. The van der Waals surface area contributed by atoms with Crippen molar-refractivity contribution in [2.75, 3.05) is 13.1 Å². The first kappa shape index (κ1) is 17.5. The van der Waals surface area contributed by atoms with Crippen LogP contribution in [0.1, 0.15) is 60.8 Å². The van der Waals surface area contributed by atoms with Gasteiger partial charge in [-0.15, -0.1) is 0 Å². The number of hydrogen-bond donors (Lipinski definition) is 1. The van der Waals surface area contributed by atoms with Gasteiger partial charge < -0.3 is 10.6 Å². The summed E-state index contributed by atoms with van der Waals surface area (Å²) in [5.41, 5.74) is 6.37. The zero-order chi connectivity index (χ0) is 15.5. The number of hydrogen-bond acceptors (Lipinski definition) is 2. The van der Waals surface area contributed by atoms with Crippen LogP contribution in [0, 0.1) is 23.2 Å². The molecule has 0 radical (unpaired) electrons. The Morgan fingerprint density at radius 2 is 1.70 bits per heavy atom. The minimum atomic E-state index is -0.313. The van der Waals surface area contributed by atoms with E-state index in [9.17, 15) is 4.79 Å². The van der Waals surface area contributed by atoms with Crippen molar-refractivity contribution in [3.63, 3.8) is 0 Å². The van der Waals surface area contributed by atoms with E-state index in [1.807, 2.05) is 4.90 Å². The Morgan fingerprint density at radius 1 is 1.20 bits per heavy atom. The summed E-state index contributed by atoms with van der Waals surface area (Å²) in [5.74, 6) is 2.07. The summed E-state index contributed by atoms with van der Waals surface area (Å²) < 4.78 is 0. The van der Waals surface area contributed by atoms with Crippen LogP contribution in [0.2, 0.25) is 0 Å². The average molecular weight is 282 g/mol. The lowest BCUT2D eigenvalue weighted by atomic mass is 9.71. The highest BCUT2D eigenvalue weighted by molar-refractivity contribution is 5.81. The first-order valence-electron chi connectivity index (χ1n) is 8.17. The highest BCUT2D eigenvalue weighted by atomic mass is 16.2. The summed E-state index contributed by atoms with van der Waals surface area (Å²) in [6.07, 6.45) is 3.04. The SMILES string of the molecule is CC(C)C[C@@H](N)C(=O)N1CCC([C@@H](C)C(C)(C)C)CC1. The van der Waals surface area contributed by atoms with Gasteiger partial charge in [-0.25, -0.2) is 0 Å². The third-order valence-electron chi connectivity index (χ3n) is 4.97. The minimum Gasteiger partial charge on any atom is -0.341 e. The zero-order valence-electron chi connectivity index (χ0n) is 14.3. The van der Waals surface area contributed by atoms with Crippen LogP contribution in [0.25, 0.3) is 0 Å². The van der Waals surface area contributed by atoms with Crippen molar-refractivity contribution in [3.05, 3.63) is 0 Å². The van der Waals surface area contributed by atoms with Crippen LogP contribution in [0.5, 0.6) is 0 Å². The molecule has 2 atom stereocenters. The van der Waals surface area contributed by atoms with E-state index in [-0.39, 0.29) is 11.9 Å². The molecule has 1 rings (SSSR count). The molecule has 118 valence electrons. The van der Waals surface area contributed by atoms with Gasteiger partial charge in [-0.1, -0.05) is 41.5 Å². The number of carbonyl (C=O) groups is 1. The highest BCUT2D eigenvalue weighted by Crippen LogP contribution is 2.37. The van der Waals surface area contributed by atoms with Gasteiger partial charge in [0.05, 0.1) is 6.04 Å². The maximum absolute atomic E-state index is 12.3. The van der Waals surface area contributed by atoms with Gasteiger partial charge in [0.1, 0.15) is 0 Å². The number of carbonyl (C=O) groups excluding carboxylic acids is 1. The lowest BCUT2D eigenvalue weighted by Crippen LogP contribution is -2.48. The molecule has 20 heavy (non-hydrogen) atoms. The van der Waals surface area contributed by atoms with Crippen molar-refractivity contribution >= 4 is 5.91 Å². The fraction of sp³-hybridized carbons (Fsp3) is 0.941. The van der Waals surface area contributed by atoms with Gasteiger partial charge in [0.2, 0.25) is 5.91 Å². The Balaban J connectivity index is 2.48. The Labute approximate surface area is 125 Å². The van der Waals surface area contributed by atoms with Gasteiger partial charge in [0, 0.05) is 13.1 Å². The maximum Gasteiger partial charge on any atom is 0.239 e. The lowest BCUT2D eigenvalue weighted by molar-refractivity contribution is -0.134. The van der Waals surface area contributed by atoms with Crippen LogP contribution in [0.3, 0.4) is 0 Å². The fourth-order valence-electron chi connectivity index (χ4n) is 3.17. The van der Waals surface area contributed by atoms with Crippen molar-refractivity contribution < 1.29 is 4.79 Å². The molecular formula is C17H34N2O. The number of rotatable bonds is 4. The largest absolute Gasteiger partial charge is 0.341 e. The molecule has 1 aliphatic rings. The smallest absolute Gasteiger partial charge is 0.239 e. The van der Waals surface area contributed by atoms with Crippen LogP contribution in [0.4, 0.5) is 0 Å². The monoisotopic (exact) mass is 282 g/mol. The second kappa shape index (κ2) is 6.93. The Morgan fingerprint density at radius 3 is 2.10 bits per heavy atom. The summed E-state index contributed by atoms with van der Waals surface area (Å²) in [5, 5.41) is 0. The average Bonchev–Trinajstić information content (AvgIpc) is 2.35. The molecule has 1 saturated heterocycles. The molecule has 1 aliphatic heterocycles. The number of likely N-dealkylation sites (tertiary alicyclic amines) is 1. The molecule has 0 bridgehead atoms. The van der Waals surface area contributed by atoms with E-state index in [4.69, 9.17) is 5.73 Å². The van der Waals surface area contributed by atoms with Gasteiger partial charge in [0.25, 0.3) is 0 Å². The number of nitrogens with zero attached hydrogens (tertiary/aromatic N) is 1. The number of piperidine rings is 1. The van der Waals surface area contributed by atoms with E-state index < -0.39 is 0 Å². The van der Waals surface area contributed by atoms with Crippen molar-refractivity contribution in [2.24, 2.45) is 28.9 Å². The predicted molar refractivity (Wildman–Crippen MR) is 85.4 cm³/mol. The first-order valence-corrected chi connectivity index (χ1v) is 8.17. The van der Waals surface area contributed by atoms with Crippen LogP contribution in [-0.2, 0) is 4.79 Å². The second-order valence-electron chi connectivity index (χ2n) is 8.05. The van der Waals surface area contributed by atoms with E-state index in [2.05, 4.69) is 41.5 Å².